The molecule has 274 valence electrons. The van der Waals surface area contributed by atoms with Crippen LogP contribution in [0.3, 0.4) is 0 Å². The highest BCUT2D eigenvalue weighted by Gasteiger charge is 2.28. The molecule has 56 heavy (non-hydrogen) atoms. The molecule has 1 heterocycles. The molecule has 0 fully saturated rings. The van der Waals surface area contributed by atoms with E-state index in [4.69, 9.17) is 9.98 Å². The zero-order valence-electron chi connectivity index (χ0n) is 32.7. The molecule has 0 saturated carbocycles. The number of hydrogen-bond donors (Lipinski definition) is 0. The van der Waals surface area contributed by atoms with Crippen molar-refractivity contribution in [2.45, 2.75) is 46.6 Å². The number of nitrogens with zero attached hydrogens (tertiary/aromatic N) is 3. The summed E-state index contributed by atoms with van der Waals surface area (Å²) in [6.45, 7) is 12.7. The Labute approximate surface area is 331 Å². The highest BCUT2D eigenvalue weighted by molar-refractivity contribution is 6.57. The molecule has 0 saturated heterocycles. The lowest BCUT2D eigenvalue weighted by atomic mass is 9.80. The molecule has 3 nitrogen and oxygen atoms in total. The van der Waals surface area contributed by atoms with Crippen LogP contribution in [0.1, 0.15) is 59.3 Å². The van der Waals surface area contributed by atoms with Crippen LogP contribution in [0.2, 0.25) is 0 Å². The number of fused-ring (bicyclic) bond motifs is 6. The van der Waals surface area contributed by atoms with E-state index < -0.39 is 0 Å². The minimum atomic E-state index is -0.139. The van der Waals surface area contributed by atoms with Crippen molar-refractivity contribution < 1.29 is 0 Å². The third kappa shape index (κ3) is 6.93. The van der Waals surface area contributed by atoms with Crippen molar-refractivity contribution in [3.8, 4) is 22.3 Å². The minimum absolute atomic E-state index is 0.139. The fourth-order valence-electron chi connectivity index (χ4n) is 8.15. The fraction of sp³-hybridized carbons (Fsp3) is 0.132. The lowest BCUT2D eigenvalue weighted by molar-refractivity contribution is 0.887. The molecule has 2 aliphatic rings. The number of hydrogen-bond acceptors (Lipinski definition) is 2. The molecular weight excluding hydrogens is 679 g/mol. The topological polar surface area (TPSA) is 29.6 Å². The maximum absolute atomic E-state index is 5.45. The van der Waals surface area contributed by atoms with Gasteiger partial charge in [0.15, 0.2) is 0 Å². The Morgan fingerprint density at radius 1 is 0.768 bits per heavy atom. The summed E-state index contributed by atoms with van der Waals surface area (Å²) in [6.07, 6.45) is 21.4. The van der Waals surface area contributed by atoms with E-state index in [2.05, 4.69) is 203 Å². The van der Waals surface area contributed by atoms with E-state index >= 15 is 0 Å². The minimum Gasteiger partial charge on any atom is -0.316 e. The summed E-state index contributed by atoms with van der Waals surface area (Å²) < 4.78 is 2.35. The predicted octanol–water partition coefficient (Wildman–Crippen LogP) is 13.4. The molecule has 0 radical (unpaired) electrons. The van der Waals surface area contributed by atoms with Gasteiger partial charge in [-0.2, -0.15) is 0 Å². The lowest BCUT2D eigenvalue weighted by Gasteiger charge is -2.25. The Morgan fingerprint density at radius 3 is 2.29 bits per heavy atom. The maximum atomic E-state index is 5.45. The molecule has 5 aromatic carbocycles. The first-order valence-electron chi connectivity index (χ1n) is 19.6. The van der Waals surface area contributed by atoms with Gasteiger partial charge in [0.1, 0.15) is 0 Å². The van der Waals surface area contributed by atoms with Gasteiger partial charge >= 0.3 is 0 Å². The number of aromatic nitrogens is 1. The Balaban J connectivity index is 1.22. The van der Waals surface area contributed by atoms with Crippen molar-refractivity contribution in [3.63, 3.8) is 0 Å². The molecule has 0 amide bonds. The van der Waals surface area contributed by atoms with Crippen molar-refractivity contribution in [3.05, 3.63) is 209 Å². The molecule has 0 aliphatic heterocycles. The summed E-state index contributed by atoms with van der Waals surface area (Å²) in [5.41, 5.74) is 18.6. The summed E-state index contributed by atoms with van der Waals surface area (Å²) in [7, 11) is 0. The van der Waals surface area contributed by atoms with Crippen molar-refractivity contribution in [2.75, 3.05) is 0 Å². The number of rotatable bonds is 9. The van der Waals surface area contributed by atoms with E-state index in [0.717, 1.165) is 41.0 Å². The highest BCUT2D eigenvalue weighted by atomic mass is 15.0. The maximum Gasteiger partial charge on any atom is 0.0966 e. The molecule has 0 bridgehead atoms. The third-order valence-electron chi connectivity index (χ3n) is 11.0. The summed E-state index contributed by atoms with van der Waals surface area (Å²) in [6, 6.07) is 41.1. The molecule has 8 rings (SSSR count). The predicted molar refractivity (Wildman–Crippen MR) is 241 cm³/mol. The van der Waals surface area contributed by atoms with Gasteiger partial charge in [0.05, 0.1) is 23.0 Å². The van der Waals surface area contributed by atoms with Gasteiger partial charge in [-0.15, -0.1) is 0 Å². The standard InChI is InChI=1S/C53H47N3/c1-6-8-20-39(38(5)55-53-46-26-15-14-25-45(46)51-37(4)19-16-27-47(51)52(53)54-7-2)23-17-34-56-49-32-29-41(40-21-10-9-11-22-40)28-31-44(49)48-35-42(30-33-50(48)56)43-24-13-12-18-36(43)3/h7-30,32-35,38H,2,6,31H2,1,3-5H3/b20-8-,34-17+,39-23+,54-52-,55-53-. The Kier molecular flexibility index (Phi) is 10.4. The molecule has 1 aromatic heterocycles. The average molecular weight is 726 g/mol. The first kappa shape index (κ1) is 36.4. The molecule has 3 heteroatoms. The van der Waals surface area contributed by atoms with Crippen LogP contribution in [0.4, 0.5) is 0 Å². The Bertz CT molecular complexity index is 2690. The van der Waals surface area contributed by atoms with Gasteiger partial charge in [0.25, 0.3) is 0 Å². The molecule has 1 unspecified atom stereocenters. The van der Waals surface area contributed by atoms with Gasteiger partial charge in [-0.1, -0.05) is 147 Å². The van der Waals surface area contributed by atoms with Gasteiger partial charge in [-0.25, -0.2) is 0 Å². The molecule has 0 spiro atoms. The molecule has 1 atom stereocenters. The van der Waals surface area contributed by atoms with E-state index in [1.54, 1.807) is 6.20 Å². The van der Waals surface area contributed by atoms with Gasteiger partial charge in [0, 0.05) is 34.6 Å². The largest absolute Gasteiger partial charge is 0.316 e. The SMILES string of the molecule is C=C/N=C1\C(=N/C(C)C(/C=C\CC)=C/C=C/n2c3c(c4cc(-c5ccccc5C)ccc42)CC=C(c2ccccc2)C=C3)c2ccccc2-c2c(C)cccc21. The molecular formula is C53H47N3. The quantitative estimate of drug-likeness (QED) is 0.133. The second-order valence-electron chi connectivity index (χ2n) is 14.5. The zero-order valence-corrected chi connectivity index (χ0v) is 32.7. The summed E-state index contributed by atoms with van der Waals surface area (Å²) >= 11 is 0. The zero-order chi connectivity index (χ0) is 38.6. The third-order valence-corrected chi connectivity index (χ3v) is 11.0. The number of aryl methyl sites for hydroxylation is 2. The number of allylic oxidation sites excluding steroid dienone is 6. The van der Waals surface area contributed by atoms with Crippen molar-refractivity contribution >= 4 is 40.2 Å². The Morgan fingerprint density at radius 2 is 1.50 bits per heavy atom. The van der Waals surface area contributed by atoms with Crippen LogP contribution < -0.4 is 0 Å². The van der Waals surface area contributed by atoms with Crippen molar-refractivity contribution in [1.82, 2.24) is 4.57 Å². The molecule has 2 aliphatic carbocycles. The van der Waals surface area contributed by atoms with E-state index in [9.17, 15) is 0 Å². The smallest absolute Gasteiger partial charge is 0.0966 e. The summed E-state index contributed by atoms with van der Waals surface area (Å²) in [5, 5.41) is 1.27. The van der Waals surface area contributed by atoms with E-state index in [1.807, 2.05) is 0 Å². The first-order chi connectivity index (χ1) is 27.5. The van der Waals surface area contributed by atoms with Gasteiger partial charge in [0.2, 0.25) is 0 Å². The van der Waals surface area contributed by atoms with Crippen LogP contribution in [0.5, 0.6) is 0 Å². The van der Waals surface area contributed by atoms with Crippen LogP contribution in [0.15, 0.2) is 180 Å². The van der Waals surface area contributed by atoms with Crippen LogP contribution in [-0.2, 0) is 6.42 Å². The van der Waals surface area contributed by atoms with E-state index in [-0.39, 0.29) is 6.04 Å². The van der Waals surface area contributed by atoms with E-state index in [1.165, 1.54) is 66.7 Å². The average Bonchev–Trinajstić information content (AvgIpc) is 3.34. The molecule has 6 aromatic rings. The summed E-state index contributed by atoms with van der Waals surface area (Å²) in [5.74, 6) is 0. The van der Waals surface area contributed by atoms with Crippen LogP contribution in [0.25, 0.3) is 51.0 Å². The highest BCUT2D eigenvalue weighted by Crippen LogP contribution is 2.38. The summed E-state index contributed by atoms with van der Waals surface area (Å²) in [4.78, 5) is 10.3. The van der Waals surface area contributed by atoms with Gasteiger partial charge < -0.3 is 4.57 Å². The van der Waals surface area contributed by atoms with Gasteiger partial charge in [-0.05, 0) is 114 Å². The normalized spacial score (nSPS) is 15.9. The first-order valence-corrected chi connectivity index (χ1v) is 19.6. The molecule has 0 N–H and O–H groups in total. The van der Waals surface area contributed by atoms with Gasteiger partial charge in [-0.3, -0.25) is 9.98 Å². The monoisotopic (exact) mass is 725 g/mol. The van der Waals surface area contributed by atoms with Crippen LogP contribution >= 0.6 is 0 Å². The van der Waals surface area contributed by atoms with E-state index in [0.29, 0.717) is 0 Å². The van der Waals surface area contributed by atoms with Crippen LogP contribution in [0, 0.1) is 13.8 Å². The van der Waals surface area contributed by atoms with Crippen molar-refractivity contribution in [1.29, 1.82) is 0 Å². The lowest BCUT2D eigenvalue weighted by Crippen LogP contribution is -2.25. The second kappa shape index (κ2) is 16.0. The second-order valence-corrected chi connectivity index (χ2v) is 14.5. The van der Waals surface area contributed by atoms with Crippen LogP contribution in [-0.4, -0.2) is 22.0 Å². The van der Waals surface area contributed by atoms with Crippen molar-refractivity contribution in [2.24, 2.45) is 9.98 Å². The Hall–Kier alpha value is -6.58. The number of benzene rings is 5. The fourth-order valence-corrected chi connectivity index (χ4v) is 8.15. The number of aliphatic imine (C=N–C) groups is 2.